The zero-order chi connectivity index (χ0) is 12.3. The lowest BCUT2D eigenvalue weighted by Crippen LogP contribution is -2.05. The van der Waals surface area contributed by atoms with Gasteiger partial charge in [-0.15, -0.1) is 0 Å². The van der Waals surface area contributed by atoms with E-state index in [0.29, 0.717) is 0 Å². The number of H-pyrrole nitrogens is 1. The highest BCUT2D eigenvalue weighted by molar-refractivity contribution is 5.75. The molecule has 2 aromatic rings. The van der Waals surface area contributed by atoms with Crippen LogP contribution >= 0.6 is 0 Å². The molecule has 2 rings (SSSR count). The van der Waals surface area contributed by atoms with E-state index in [2.05, 4.69) is 21.9 Å². The second kappa shape index (κ2) is 4.87. The highest BCUT2D eigenvalue weighted by atomic mass is 16.5. The number of methoxy groups -OCH3 is 1. The van der Waals surface area contributed by atoms with Gasteiger partial charge in [-0.2, -0.15) is 0 Å². The SMILES string of the molecule is COC(=O)Cc1[nH]cc(-c2ccccc2)c1C. The highest BCUT2D eigenvalue weighted by Gasteiger charge is 2.11. The summed E-state index contributed by atoms with van der Waals surface area (Å²) < 4.78 is 4.67. The molecule has 0 aliphatic heterocycles. The van der Waals surface area contributed by atoms with Gasteiger partial charge < -0.3 is 9.72 Å². The Hall–Kier alpha value is -2.03. The second-order valence-corrected chi connectivity index (χ2v) is 3.92. The maximum absolute atomic E-state index is 11.2. The summed E-state index contributed by atoms with van der Waals surface area (Å²) in [5.41, 5.74) is 4.29. The maximum Gasteiger partial charge on any atom is 0.311 e. The molecule has 0 saturated carbocycles. The van der Waals surface area contributed by atoms with Crippen molar-refractivity contribution in [3.63, 3.8) is 0 Å². The van der Waals surface area contributed by atoms with E-state index in [1.165, 1.54) is 7.11 Å². The minimum atomic E-state index is -0.227. The standard InChI is InChI=1S/C14H15NO2/c1-10-12(11-6-4-3-5-7-11)9-15-13(10)8-14(16)17-2/h3-7,9,15H,8H2,1-2H3. The summed E-state index contributed by atoms with van der Waals surface area (Å²) in [4.78, 5) is 14.4. The van der Waals surface area contributed by atoms with Crippen LogP contribution in [0.4, 0.5) is 0 Å². The van der Waals surface area contributed by atoms with E-state index >= 15 is 0 Å². The van der Waals surface area contributed by atoms with E-state index in [-0.39, 0.29) is 12.4 Å². The monoisotopic (exact) mass is 229 g/mol. The van der Waals surface area contributed by atoms with Crippen LogP contribution in [0.5, 0.6) is 0 Å². The van der Waals surface area contributed by atoms with E-state index in [9.17, 15) is 4.79 Å². The number of carbonyl (C=O) groups excluding carboxylic acids is 1. The predicted molar refractivity (Wildman–Crippen MR) is 66.7 cm³/mol. The molecule has 0 aliphatic carbocycles. The third-order valence-electron chi connectivity index (χ3n) is 2.88. The third-order valence-corrected chi connectivity index (χ3v) is 2.88. The van der Waals surface area contributed by atoms with Crippen molar-refractivity contribution >= 4 is 5.97 Å². The minimum absolute atomic E-state index is 0.227. The number of carbonyl (C=O) groups is 1. The molecule has 1 aromatic heterocycles. The quantitative estimate of drug-likeness (QED) is 0.822. The number of ether oxygens (including phenoxy) is 1. The average Bonchev–Trinajstić information content (AvgIpc) is 2.72. The molecule has 88 valence electrons. The number of hydrogen-bond acceptors (Lipinski definition) is 2. The largest absolute Gasteiger partial charge is 0.469 e. The lowest BCUT2D eigenvalue weighted by Gasteiger charge is -2.02. The molecule has 0 atom stereocenters. The topological polar surface area (TPSA) is 42.1 Å². The summed E-state index contributed by atoms with van der Waals surface area (Å²) in [6.45, 7) is 2.01. The van der Waals surface area contributed by atoms with E-state index in [1.54, 1.807) is 0 Å². The van der Waals surface area contributed by atoms with Gasteiger partial charge in [0.25, 0.3) is 0 Å². The Balaban J connectivity index is 2.30. The molecule has 0 bridgehead atoms. The van der Waals surface area contributed by atoms with Gasteiger partial charge in [-0.1, -0.05) is 30.3 Å². The Bertz CT molecular complexity index is 514. The molecule has 17 heavy (non-hydrogen) atoms. The van der Waals surface area contributed by atoms with Gasteiger partial charge in [0, 0.05) is 17.5 Å². The molecular weight excluding hydrogens is 214 g/mol. The van der Waals surface area contributed by atoms with Gasteiger partial charge in [-0.25, -0.2) is 0 Å². The van der Waals surface area contributed by atoms with Crippen LogP contribution in [0.15, 0.2) is 36.5 Å². The van der Waals surface area contributed by atoms with Gasteiger partial charge in [0.2, 0.25) is 0 Å². The summed E-state index contributed by atoms with van der Waals surface area (Å²) >= 11 is 0. The summed E-state index contributed by atoms with van der Waals surface area (Å²) in [7, 11) is 1.40. The van der Waals surface area contributed by atoms with Crippen molar-refractivity contribution in [1.29, 1.82) is 0 Å². The Morgan fingerprint density at radius 1 is 1.29 bits per heavy atom. The molecule has 1 N–H and O–H groups in total. The molecule has 0 radical (unpaired) electrons. The van der Waals surface area contributed by atoms with Crippen molar-refractivity contribution in [1.82, 2.24) is 4.98 Å². The molecule has 1 heterocycles. The summed E-state index contributed by atoms with van der Waals surface area (Å²) in [5, 5.41) is 0. The van der Waals surface area contributed by atoms with Crippen LogP contribution in [0.2, 0.25) is 0 Å². The second-order valence-electron chi connectivity index (χ2n) is 3.92. The van der Waals surface area contributed by atoms with Crippen LogP contribution in [0.3, 0.4) is 0 Å². The number of nitrogens with one attached hydrogen (secondary N) is 1. The fourth-order valence-electron chi connectivity index (χ4n) is 1.86. The van der Waals surface area contributed by atoms with Gasteiger partial charge >= 0.3 is 5.97 Å². The Kier molecular flexibility index (Phi) is 3.28. The predicted octanol–water partition coefficient (Wildman–Crippen LogP) is 2.71. The minimum Gasteiger partial charge on any atom is -0.469 e. The van der Waals surface area contributed by atoms with E-state index in [4.69, 9.17) is 0 Å². The maximum atomic E-state index is 11.2. The lowest BCUT2D eigenvalue weighted by molar-refractivity contribution is -0.139. The highest BCUT2D eigenvalue weighted by Crippen LogP contribution is 2.25. The van der Waals surface area contributed by atoms with Crippen LogP contribution in [0, 0.1) is 6.92 Å². The third kappa shape index (κ3) is 2.38. The van der Waals surface area contributed by atoms with Crippen molar-refractivity contribution in [3.05, 3.63) is 47.8 Å². The van der Waals surface area contributed by atoms with Crippen LogP contribution in [-0.4, -0.2) is 18.1 Å². The normalized spacial score (nSPS) is 10.2. The van der Waals surface area contributed by atoms with Gasteiger partial charge in [0.15, 0.2) is 0 Å². The molecule has 0 aliphatic rings. The van der Waals surface area contributed by atoms with Crippen molar-refractivity contribution in [2.45, 2.75) is 13.3 Å². The molecule has 0 fully saturated rings. The number of rotatable bonds is 3. The fourth-order valence-corrected chi connectivity index (χ4v) is 1.86. The zero-order valence-corrected chi connectivity index (χ0v) is 9.99. The molecule has 1 aromatic carbocycles. The number of aromatic amines is 1. The van der Waals surface area contributed by atoms with Crippen molar-refractivity contribution in [3.8, 4) is 11.1 Å². The summed E-state index contributed by atoms with van der Waals surface area (Å²) in [6.07, 6.45) is 2.22. The Morgan fingerprint density at radius 3 is 2.65 bits per heavy atom. The molecule has 3 heteroatoms. The van der Waals surface area contributed by atoms with Crippen LogP contribution in [-0.2, 0) is 16.0 Å². The Morgan fingerprint density at radius 2 is 2.00 bits per heavy atom. The van der Waals surface area contributed by atoms with Gasteiger partial charge in [0.1, 0.15) is 0 Å². The van der Waals surface area contributed by atoms with Gasteiger partial charge in [-0.05, 0) is 18.1 Å². The molecular formula is C14H15NO2. The Labute approximate surface area is 100 Å². The van der Waals surface area contributed by atoms with Crippen molar-refractivity contribution in [2.24, 2.45) is 0 Å². The van der Waals surface area contributed by atoms with Crippen LogP contribution in [0.25, 0.3) is 11.1 Å². The van der Waals surface area contributed by atoms with Crippen LogP contribution < -0.4 is 0 Å². The summed E-state index contributed by atoms with van der Waals surface area (Å²) in [6, 6.07) is 10.1. The number of esters is 1. The fraction of sp³-hybridized carbons (Fsp3) is 0.214. The zero-order valence-electron chi connectivity index (χ0n) is 9.99. The number of hydrogen-bond donors (Lipinski definition) is 1. The van der Waals surface area contributed by atoms with Crippen molar-refractivity contribution in [2.75, 3.05) is 7.11 Å². The van der Waals surface area contributed by atoms with E-state index in [1.807, 2.05) is 31.3 Å². The first kappa shape index (κ1) is 11.5. The first-order chi connectivity index (χ1) is 8.22. The summed E-state index contributed by atoms with van der Waals surface area (Å²) in [5.74, 6) is -0.227. The van der Waals surface area contributed by atoms with E-state index < -0.39 is 0 Å². The molecule has 0 spiro atoms. The van der Waals surface area contributed by atoms with Crippen LogP contribution in [0.1, 0.15) is 11.3 Å². The first-order valence-corrected chi connectivity index (χ1v) is 5.51. The molecule has 3 nitrogen and oxygen atoms in total. The first-order valence-electron chi connectivity index (χ1n) is 5.51. The molecule has 0 unspecified atom stereocenters. The number of aromatic nitrogens is 1. The van der Waals surface area contributed by atoms with Gasteiger partial charge in [0.05, 0.1) is 13.5 Å². The lowest BCUT2D eigenvalue weighted by atomic mass is 10.0. The van der Waals surface area contributed by atoms with Gasteiger partial charge in [-0.3, -0.25) is 4.79 Å². The van der Waals surface area contributed by atoms with Crippen molar-refractivity contribution < 1.29 is 9.53 Å². The molecule has 0 amide bonds. The average molecular weight is 229 g/mol. The van der Waals surface area contributed by atoms with E-state index in [0.717, 1.165) is 22.4 Å². The molecule has 0 saturated heterocycles. The smallest absolute Gasteiger partial charge is 0.311 e. The number of benzene rings is 1.